The van der Waals surface area contributed by atoms with Crippen molar-refractivity contribution < 1.29 is 9.53 Å². The van der Waals surface area contributed by atoms with E-state index in [1.54, 1.807) is 18.7 Å². The van der Waals surface area contributed by atoms with Crippen LogP contribution in [0.1, 0.15) is 52.4 Å². The van der Waals surface area contributed by atoms with Crippen LogP contribution in [0.15, 0.2) is 11.2 Å². The molecular weight excluding hydrogens is 336 g/mol. The largest absolute Gasteiger partial charge is 0.376 e. The second-order valence-corrected chi connectivity index (χ2v) is 7.55. The molecule has 1 aliphatic rings. The molecule has 1 saturated heterocycles. The number of Topliss-reactive ketones (excluding diaryl/α,β-unsaturated/α-hetero) is 1. The van der Waals surface area contributed by atoms with Gasteiger partial charge in [0.1, 0.15) is 0 Å². The smallest absolute Gasteiger partial charge is 0.209 e. The number of nitrogens with zero attached hydrogens (tertiary/aromatic N) is 4. The minimum absolute atomic E-state index is 0.115. The second-order valence-electron chi connectivity index (χ2n) is 6.61. The van der Waals surface area contributed by atoms with E-state index in [1.807, 2.05) is 18.5 Å². The van der Waals surface area contributed by atoms with Gasteiger partial charge in [-0.3, -0.25) is 4.79 Å². The van der Waals surface area contributed by atoms with Crippen molar-refractivity contribution in [3.63, 3.8) is 0 Å². The summed E-state index contributed by atoms with van der Waals surface area (Å²) in [5, 5.41) is 12.9. The summed E-state index contributed by atoms with van der Waals surface area (Å²) in [7, 11) is 0. The Morgan fingerprint density at radius 2 is 2.16 bits per heavy atom. The molecule has 0 spiro atoms. The molecule has 1 unspecified atom stereocenters. The molecule has 1 fully saturated rings. The lowest BCUT2D eigenvalue weighted by Gasteiger charge is -2.16. The molecule has 0 radical (unpaired) electrons. The van der Waals surface area contributed by atoms with Crippen molar-refractivity contribution in [3.8, 4) is 0 Å². The standard InChI is InChI=1S/C18H24N4O2S/c1-11-8-12(2)17(14(4)23)13(3)16(11)10-25-18-19-20-21-22(18)9-15-6-5-7-24-15/h8,15H,5-7,9-10H2,1-4H3. The van der Waals surface area contributed by atoms with Crippen molar-refractivity contribution in [3.05, 3.63) is 33.9 Å². The fraction of sp³-hybridized carbons (Fsp3) is 0.556. The second kappa shape index (κ2) is 7.66. The first kappa shape index (κ1) is 18.1. The zero-order valence-corrected chi connectivity index (χ0v) is 16.0. The lowest BCUT2D eigenvalue weighted by Crippen LogP contribution is -2.17. The van der Waals surface area contributed by atoms with Crippen LogP contribution in [0, 0.1) is 20.8 Å². The number of aryl methyl sites for hydroxylation is 2. The third-order valence-corrected chi connectivity index (χ3v) is 5.71. The zero-order chi connectivity index (χ0) is 18.0. The first-order valence-electron chi connectivity index (χ1n) is 8.58. The fourth-order valence-electron chi connectivity index (χ4n) is 3.52. The highest BCUT2D eigenvalue weighted by atomic mass is 32.2. The molecule has 25 heavy (non-hydrogen) atoms. The number of carbonyl (C=O) groups excluding carboxylic acids is 1. The molecule has 3 rings (SSSR count). The van der Waals surface area contributed by atoms with Gasteiger partial charge in [0, 0.05) is 17.9 Å². The molecule has 0 N–H and O–H groups in total. The van der Waals surface area contributed by atoms with Gasteiger partial charge < -0.3 is 4.74 Å². The van der Waals surface area contributed by atoms with Crippen molar-refractivity contribution in [2.24, 2.45) is 0 Å². The van der Waals surface area contributed by atoms with Crippen LogP contribution in [-0.4, -0.2) is 38.7 Å². The van der Waals surface area contributed by atoms with Crippen LogP contribution in [0.2, 0.25) is 0 Å². The van der Waals surface area contributed by atoms with Gasteiger partial charge in [0.2, 0.25) is 5.16 Å². The Morgan fingerprint density at radius 3 is 2.84 bits per heavy atom. The Bertz CT molecular complexity index is 782. The minimum atomic E-state index is 0.115. The number of ketones is 1. The molecule has 1 aromatic carbocycles. The Morgan fingerprint density at radius 1 is 1.36 bits per heavy atom. The molecule has 1 aromatic heterocycles. The summed E-state index contributed by atoms with van der Waals surface area (Å²) >= 11 is 1.60. The predicted octanol–water partition coefficient (Wildman–Crippen LogP) is 3.27. The predicted molar refractivity (Wildman–Crippen MR) is 97.0 cm³/mol. The van der Waals surface area contributed by atoms with E-state index in [2.05, 4.69) is 28.5 Å². The number of benzene rings is 1. The Balaban J connectivity index is 1.77. The molecule has 0 aliphatic carbocycles. The van der Waals surface area contributed by atoms with Gasteiger partial charge in [-0.2, -0.15) is 0 Å². The molecule has 2 aromatic rings. The monoisotopic (exact) mass is 360 g/mol. The molecular formula is C18H24N4O2S. The molecule has 1 aliphatic heterocycles. The number of hydrogen-bond donors (Lipinski definition) is 0. The average Bonchev–Trinajstić information content (AvgIpc) is 3.19. The topological polar surface area (TPSA) is 69.9 Å². The van der Waals surface area contributed by atoms with Crippen LogP contribution < -0.4 is 0 Å². The first-order valence-corrected chi connectivity index (χ1v) is 9.57. The van der Waals surface area contributed by atoms with Crippen LogP contribution >= 0.6 is 11.8 Å². The van der Waals surface area contributed by atoms with Gasteiger partial charge in [0.15, 0.2) is 5.78 Å². The quantitative estimate of drug-likeness (QED) is 0.582. The average molecular weight is 360 g/mol. The van der Waals surface area contributed by atoms with E-state index >= 15 is 0 Å². The summed E-state index contributed by atoms with van der Waals surface area (Å²) in [6.45, 7) is 9.27. The van der Waals surface area contributed by atoms with E-state index in [1.165, 1.54) is 11.1 Å². The summed E-state index contributed by atoms with van der Waals surface area (Å²) in [4.78, 5) is 12.0. The number of hydrogen-bond acceptors (Lipinski definition) is 6. The van der Waals surface area contributed by atoms with E-state index in [-0.39, 0.29) is 11.9 Å². The highest BCUT2D eigenvalue weighted by Gasteiger charge is 2.20. The van der Waals surface area contributed by atoms with E-state index < -0.39 is 0 Å². The van der Waals surface area contributed by atoms with Gasteiger partial charge in [0.25, 0.3) is 0 Å². The summed E-state index contributed by atoms with van der Waals surface area (Å²) in [6, 6.07) is 2.09. The molecule has 0 saturated carbocycles. The Kier molecular flexibility index (Phi) is 5.54. The van der Waals surface area contributed by atoms with Crippen LogP contribution in [0.5, 0.6) is 0 Å². The number of ether oxygens (including phenoxy) is 1. The number of rotatable bonds is 6. The molecule has 0 amide bonds. The van der Waals surface area contributed by atoms with Gasteiger partial charge in [-0.25, -0.2) is 4.68 Å². The van der Waals surface area contributed by atoms with Crippen LogP contribution in [0.3, 0.4) is 0 Å². The van der Waals surface area contributed by atoms with Gasteiger partial charge in [0.05, 0.1) is 12.6 Å². The number of thioether (sulfide) groups is 1. The van der Waals surface area contributed by atoms with Crippen LogP contribution in [0.4, 0.5) is 0 Å². The number of aromatic nitrogens is 4. The van der Waals surface area contributed by atoms with Gasteiger partial charge >= 0.3 is 0 Å². The fourth-order valence-corrected chi connectivity index (χ4v) is 4.59. The molecule has 134 valence electrons. The van der Waals surface area contributed by atoms with E-state index in [9.17, 15) is 4.79 Å². The highest BCUT2D eigenvalue weighted by molar-refractivity contribution is 7.98. The van der Waals surface area contributed by atoms with Gasteiger partial charge in [-0.05, 0) is 73.2 Å². The Hall–Kier alpha value is -1.73. The molecule has 6 nitrogen and oxygen atoms in total. The summed E-state index contributed by atoms with van der Waals surface area (Å²) in [6.07, 6.45) is 2.36. The molecule has 1 atom stereocenters. The SMILES string of the molecule is CC(=O)c1c(C)cc(C)c(CSc2nnnn2CC2CCCO2)c1C. The van der Waals surface area contributed by atoms with Crippen molar-refractivity contribution in [1.29, 1.82) is 0 Å². The van der Waals surface area contributed by atoms with Crippen LogP contribution in [-0.2, 0) is 17.0 Å². The zero-order valence-electron chi connectivity index (χ0n) is 15.2. The summed E-state index contributed by atoms with van der Waals surface area (Å²) in [5.74, 6) is 0.855. The van der Waals surface area contributed by atoms with Crippen LogP contribution in [0.25, 0.3) is 0 Å². The lowest BCUT2D eigenvalue weighted by atomic mass is 9.92. The molecule has 7 heteroatoms. The lowest BCUT2D eigenvalue weighted by molar-refractivity contribution is 0.0911. The van der Waals surface area contributed by atoms with E-state index in [0.29, 0.717) is 6.54 Å². The molecule has 2 heterocycles. The summed E-state index contributed by atoms with van der Waals surface area (Å²) in [5.41, 5.74) is 5.33. The van der Waals surface area contributed by atoms with Crippen molar-refractivity contribution >= 4 is 17.5 Å². The highest BCUT2D eigenvalue weighted by Crippen LogP contribution is 2.29. The Labute approximate surface area is 152 Å². The third kappa shape index (κ3) is 3.93. The van der Waals surface area contributed by atoms with E-state index in [4.69, 9.17) is 4.74 Å². The maximum absolute atomic E-state index is 12.0. The number of tetrazole rings is 1. The van der Waals surface area contributed by atoms with Gasteiger partial charge in [-0.1, -0.05) is 17.8 Å². The normalized spacial score (nSPS) is 17.2. The van der Waals surface area contributed by atoms with E-state index in [0.717, 1.165) is 47.0 Å². The van der Waals surface area contributed by atoms with Crippen molar-refractivity contribution in [2.45, 2.75) is 64.1 Å². The molecule has 0 bridgehead atoms. The maximum atomic E-state index is 12.0. The minimum Gasteiger partial charge on any atom is -0.376 e. The third-order valence-electron chi connectivity index (χ3n) is 4.73. The first-order chi connectivity index (χ1) is 12.0. The number of carbonyl (C=O) groups is 1. The van der Waals surface area contributed by atoms with Gasteiger partial charge in [-0.15, -0.1) is 5.10 Å². The summed E-state index contributed by atoms with van der Waals surface area (Å²) < 4.78 is 7.50. The van der Waals surface area contributed by atoms with Crippen molar-refractivity contribution in [2.75, 3.05) is 6.61 Å². The maximum Gasteiger partial charge on any atom is 0.209 e. The van der Waals surface area contributed by atoms with Crippen molar-refractivity contribution in [1.82, 2.24) is 20.2 Å².